The molecule has 0 saturated heterocycles. The van der Waals surface area contributed by atoms with Crippen molar-refractivity contribution in [1.82, 2.24) is 9.97 Å². The molecular weight excluding hydrogens is 752 g/mol. The van der Waals surface area contributed by atoms with E-state index in [1.807, 2.05) is 29.2 Å². The minimum absolute atomic E-state index is 0.0587. The molecule has 18 heteroatoms. The zero-order valence-corrected chi connectivity index (χ0v) is 29.6. The van der Waals surface area contributed by atoms with Gasteiger partial charge in [-0.25, -0.2) is 4.98 Å². The standard InChI is InChI=1S/C32H28ClF6N3O5S3/c1-45-21-8-4-18(5-9-21)15-42(16-19-6-10-22(46-2)11-7-19)20-12-23(28(25(33)13-20)31(34,35)36)27-14-26-24(17-49-27)29(41-30(40-26)48-3)47-50(43,44)32(37,38)39/h4-13,27H,14-17H2,1-3H3. The topological polar surface area (TPSA) is 90.8 Å². The van der Waals surface area contributed by atoms with E-state index in [4.69, 9.17) is 21.1 Å². The van der Waals surface area contributed by atoms with E-state index in [0.717, 1.165) is 34.7 Å². The normalized spacial score (nSPS) is 15.0. The lowest BCUT2D eigenvalue weighted by atomic mass is 9.97. The Morgan fingerprint density at radius 1 is 0.920 bits per heavy atom. The fourth-order valence-corrected chi connectivity index (χ4v) is 7.66. The summed E-state index contributed by atoms with van der Waals surface area (Å²) in [4.78, 5) is 10.00. The average molecular weight is 780 g/mol. The predicted octanol–water partition coefficient (Wildman–Crippen LogP) is 8.85. The molecule has 4 aromatic rings. The molecule has 1 atom stereocenters. The van der Waals surface area contributed by atoms with Crippen LogP contribution in [0.25, 0.3) is 0 Å². The van der Waals surface area contributed by atoms with Gasteiger partial charge in [0.1, 0.15) is 11.5 Å². The summed E-state index contributed by atoms with van der Waals surface area (Å²) in [6.07, 6.45) is -3.57. The van der Waals surface area contributed by atoms with Crippen molar-refractivity contribution in [3.8, 4) is 17.4 Å². The van der Waals surface area contributed by atoms with Crippen molar-refractivity contribution in [2.75, 3.05) is 25.4 Å². The molecule has 5 rings (SSSR count). The molecule has 1 aliphatic heterocycles. The third-order valence-electron chi connectivity index (χ3n) is 7.66. The van der Waals surface area contributed by atoms with Crippen molar-refractivity contribution >= 4 is 50.9 Å². The summed E-state index contributed by atoms with van der Waals surface area (Å²) in [5, 5.41) is -1.59. The number of hydrogen-bond acceptors (Lipinski definition) is 10. The molecule has 8 nitrogen and oxygen atoms in total. The largest absolute Gasteiger partial charge is 0.534 e. The van der Waals surface area contributed by atoms with E-state index in [0.29, 0.717) is 17.2 Å². The lowest BCUT2D eigenvalue weighted by molar-refractivity contribution is -0.138. The molecule has 0 bridgehead atoms. The first kappa shape index (κ1) is 37.7. The Labute approximate surface area is 297 Å². The van der Waals surface area contributed by atoms with Crippen molar-refractivity contribution in [1.29, 1.82) is 0 Å². The average Bonchev–Trinajstić information content (AvgIpc) is 3.06. The van der Waals surface area contributed by atoms with Gasteiger partial charge in [0.25, 0.3) is 0 Å². The van der Waals surface area contributed by atoms with Gasteiger partial charge in [0, 0.05) is 41.8 Å². The molecule has 2 heterocycles. The number of rotatable bonds is 11. The summed E-state index contributed by atoms with van der Waals surface area (Å²) in [6.45, 7) is 0.549. The Hall–Kier alpha value is -3.54. The van der Waals surface area contributed by atoms with Crippen molar-refractivity contribution in [2.24, 2.45) is 0 Å². The van der Waals surface area contributed by atoms with Crippen LogP contribution in [0.1, 0.15) is 38.8 Å². The number of aromatic nitrogens is 2. The number of ether oxygens (including phenoxy) is 2. The lowest BCUT2D eigenvalue weighted by Gasteiger charge is -2.31. The van der Waals surface area contributed by atoms with Gasteiger partial charge in [-0.2, -0.15) is 39.7 Å². The van der Waals surface area contributed by atoms with Crippen LogP contribution in [0.15, 0.2) is 65.8 Å². The molecule has 50 heavy (non-hydrogen) atoms. The van der Waals surface area contributed by atoms with Gasteiger partial charge < -0.3 is 18.6 Å². The Bertz CT molecular complexity index is 1900. The minimum Gasteiger partial charge on any atom is -0.497 e. The van der Waals surface area contributed by atoms with E-state index in [9.17, 15) is 34.8 Å². The Morgan fingerprint density at radius 3 is 1.96 bits per heavy atom. The van der Waals surface area contributed by atoms with Crippen LogP contribution in [0.5, 0.6) is 17.4 Å². The molecule has 1 unspecified atom stereocenters. The quantitative estimate of drug-likeness (QED) is 0.0484. The van der Waals surface area contributed by atoms with Crippen LogP contribution in [0.4, 0.5) is 32.0 Å². The van der Waals surface area contributed by atoms with Gasteiger partial charge in [-0.15, -0.1) is 11.8 Å². The highest BCUT2D eigenvalue weighted by Crippen LogP contribution is 2.50. The lowest BCUT2D eigenvalue weighted by Crippen LogP contribution is -2.29. The molecule has 0 amide bonds. The van der Waals surface area contributed by atoms with Crippen LogP contribution >= 0.6 is 35.1 Å². The molecule has 0 spiro atoms. The van der Waals surface area contributed by atoms with Crippen LogP contribution in [0, 0.1) is 0 Å². The summed E-state index contributed by atoms with van der Waals surface area (Å²) in [6, 6.07) is 17.1. The van der Waals surface area contributed by atoms with Crippen LogP contribution < -0.4 is 18.6 Å². The van der Waals surface area contributed by atoms with Gasteiger partial charge in [-0.05, 0) is 59.3 Å². The van der Waals surface area contributed by atoms with Gasteiger partial charge >= 0.3 is 21.8 Å². The first-order valence-corrected chi connectivity index (χ1v) is 18.6. The van der Waals surface area contributed by atoms with Gasteiger partial charge in [0.2, 0.25) is 5.88 Å². The van der Waals surface area contributed by atoms with E-state index >= 15 is 0 Å². The summed E-state index contributed by atoms with van der Waals surface area (Å²) in [5.74, 6) is 0.194. The Balaban J connectivity index is 1.58. The molecule has 0 saturated carbocycles. The van der Waals surface area contributed by atoms with Gasteiger partial charge in [-0.3, -0.25) is 0 Å². The van der Waals surface area contributed by atoms with Crippen molar-refractivity contribution in [3.05, 3.63) is 99.2 Å². The summed E-state index contributed by atoms with van der Waals surface area (Å²) < 4.78 is 122. The second kappa shape index (κ2) is 15.0. The predicted molar refractivity (Wildman–Crippen MR) is 179 cm³/mol. The Morgan fingerprint density at radius 2 is 1.48 bits per heavy atom. The molecule has 0 radical (unpaired) electrons. The van der Waals surface area contributed by atoms with Crippen molar-refractivity contribution in [3.63, 3.8) is 0 Å². The molecule has 1 aromatic heterocycles. The summed E-state index contributed by atoms with van der Waals surface area (Å²) in [5.41, 5.74) is -4.91. The van der Waals surface area contributed by atoms with E-state index in [1.54, 1.807) is 24.3 Å². The highest BCUT2D eigenvalue weighted by atomic mass is 35.5. The second-order valence-electron chi connectivity index (χ2n) is 10.9. The maximum absolute atomic E-state index is 14.7. The number of fused-ring (bicyclic) bond motifs is 1. The van der Waals surface area contributed by atoms with Crippen LogP contribution in [-0.2, 0) is 41.6 Å². The van der Waals surface area contributed by atoms with Gasteiger partial charge in [0.05, 0.1) is 30.5 Å². The minimum atomic E-state index is -6.08. The molecule has 3 aromatic carbocycles. The molecule has 0 N–H and O–H groups in total. The maximum atomic E-state index is 14.7. The van der Waals surface area contributed by atoms with Crippen LogP contribution in [0.2, 0.25) is 5.02 Å². The number of nitrogens with zero attached hydrogens (tertiary/aromatic N) is 3. The zero-order chi connectivity index (χ0) is 36.4. The number of hydrogen-bond donors (Lipinski definition) is 0. The molecule has 268 valence electrons. The highest BCUT2D eigenvalue weighted by Gasteiger charge is 2.49. The van der Waals surface area contributed by atoms with E-state index < -0.39 is 43.5 Å². The van der Waals surface area contributed by atoms with Crippen molar-refractivity contribution in [2.45, 2.75) is 47.4 Å². The summed E-state index contributed by atoms with van der Waals surface area (Å²) >= 11 is 8.29. The third-order valence-corrected chi connectivity index (χ3v) is 10.7. The molecule has 0 fully saturated rings. The van der Waals surface area contributed by atoms with Gasteiger partial charge in [0.15, 0.2) is 5.16 Å². The number of halogens is 7. The fraction of sp³-hybridized carbons (Fsp3) is 0.312. The zero-order valence-electron chi connectivity index (χ0n) is 26.4. The molecule has 1 aliphatic rings. The highest BCUT2D eigenvalue weighted by molar-refractivity contribution is 7.99. The van der Waals surface area contributed by atoms with E-state index in [-0.39, 0.29) is 47.2 Å². The third kappa shape index (κ3) is 8.49. The number of benzene rings is 3. The Kier molecular flexibility index (Phi) is 11.3. The monoisotopic (exact) mass is 779 g/mol. The van der Waals surface area contributed by atoms with Crippen LogP contribution in [-0.4, -0.2) is 44.4 Å². The number of methoxy groups -OCH3 is 2. The molecular formula is C32H28ClF6N3O5S3. The number of alkyl halides is 6. The van der Waals surface area contributed by atoms with E-state index in [1.165, 1.54) is 32.6 Å². The van der Waals surface area contributed by atoms with Crippen LogP contribution in [0.3, 0.4) is 0 Å². The number of thioether (sulfide) groups is 2. The number of anilines is 1. The van der Waals surface area contributed by atoms with E-state index in [2.05, 4.69) is 14.2 Å². The van der Waals surface area contributed by atoms with Crippen molar-refractivity contribution < 1.29 is 48.4 Å². The molecule has 0 aliphatic carbocycles. The first-order chi connectivity index (χ1) is 23.5. The first-order valence-electron chi connectivity index (χ1n) is 14.5. The fourth-order valence-electron chi connectivity index (χ4n) is 5.22. The smallest absolute Gasteiger partial charge is 0.497 e. The second-order valence-corrected chi connectivity index (χ2v) is 14.8. The maximum Gasteiger partial charge on any atom is 0.534 e. The summed E-state index contributed by atoms with van der Waals surface area (Å²) in [7, 11) is -3.01. The van der Waals surface area contributed by atoms with Gasteiger partial charge in [-0.1, -0.05) is 47.6 Å². The SMILES string of the molecule is COc1ccc(CN(Cc2ccc(OC)cc2)c2cc(Cl)c(C(F)(F)F)c(C3Cc4nc(SC)nc(OS(=O)(=O)C(F)(F)F)c4CS3)c2)cc1.